The number of benzene rings is 1. The number of rotatable bonds is 2. The lowest BCUT2D eigenvalue weighted by molar-refractivity contribution is 0.102. The molecule has 0 spiro atoms. The standard InChI is InChI=1S/C14H7ClN4O2S/c15-9-2-1-8(6-16)11(5-9)18-12(20)10-7-17-14-19(13(10)21)3-4-22-14/h1-5,7H,(H,18,20). The van der Waals surface area contributed by atoms with Crippen LogP contribution in [0.25, 0.3) is 4.96 Å². The Morgan fingerprint density at radius 1 is 1.45 bits per heavy atom. The molecule has 0 fully saturated rings. The molecule has 0 saturated heterocycles. The predicted molar refractivity (Wildman–Crippen MR) is 83.5 cm³/mol. The molecule has 6 nitrogen and oxygen atoms in total. The highest BCUT2D eigenvalue weighted by Gasteiger charge is 2.15. The van der Waals surface area contributed by atoms with E-state index >= 15 is 0 Å². The second-order valence-corrected chi connectivity index (χ2v) is 5.60. The van der Waals surface area contributed by atoms with Crippen molar-refractivity contribution < 1.29 is 4.79 Å². The molecule has 3 aromatic rings. The molecule has 1 N–H and O–H groups in total. The van der Waals surface area contributed by atoms with Crippen molar-refractivity contribution in [1.29, 1.82) is 5.26 Å². The molecule has 2 aromatic heterocycles. The Balaban J connectivity index is 2.01. The van der Waals surface area contributed by atoms with Gasteiger partial charge in [0.2, 0.25) is 0 Å². The third kappa shape index (κ3) is 2.45. The zero-order valence-electron chi connectivity index (χ0n) is 10.9. The van der Waals surface area contributed by atoms with Crippen molar-refractivity contribution in [2.24, 2.45) is 0 Å². The van der Waals surface area contributed by atoms with Crippen molar-refractivity contribution in [2.75, 3.05) is 5.32 Å². The lowest BCUT2D eigenvalue weighted by Crippen LogP contribution is -2.26. The maximum atomic E-state index is 12.3. The van der Waals surface area contributed by atoms with Gasteiger partial charge in [-0.1, -0.05) is 11.6 Å². The monoisotopic (exact) mass is 330 g/mol. The summed E-state index contributed by atoms with van der Waals surface area (Å²) >= 11 is 7.15. The van der Waals surface area contributed by atoms with Crippen molar-refractivity contribution in [3.05, 3.63) is 62.5 Å². The van der Waals surface area contributed by atoms with E-state index in [0.29, 0.717) is 9.98 Å². The molecule has 8 heteroatoms. The number of thiazole rings is 1. The van der Waals surface area contributed by atoms with Gasteiger partial charge in [-0.05, 0) is 18.2 Å². The Morgan fingerprint density at radius 3 is 3.05 bits per heavy atom. The average molecular weight is 331 g/mol. The van der Waals surface area contributed by atoms with Gasteiger partial charge >= 0.3 is 0 Å². The Labute approximate surface area is 133 Å². The smallest absolute Gasteiger partial charge is 0.271 e. The number of nitriles is 1. The Hall–Kier alpha value is -2.69. The van der Waals surface area contributed by atoms with E-state index in [1.54, 1.807) is 17.6 Å². The number of hydrogen-bond acceptors (Lipinski definition) is 5. The molecule has 0 aliphatic carbocycles. The second-order valence-electron chi connectivity index (χ2n) is 4.29. The van der Waals surface area contributed by atoms with Crippen LogP contribution in [-0.2, 0) is 0 Å². The van der Waals surface area contributed by atoms with E-state index in [9.17, 15) is 9.59 Å². The summed E-state index contributed by atoms with van der Waals surface area (Å²) in [7, 11) is 0. The largest absolute Gasteiger partial charge is 0.320 e. The number of amides is 1. The third-order valence-electron chi connectivity index (χ3n) is 2.94. The van der Waals surface area contributed by atoms with Gasteiger partial charge in [0.15, 0.2) is 4.96 Å². The number of carbonyl (C=O) groups is 1. The molecule has 22 heavy (non-hydrogen) atoms. The van der Waals surface area contributed by atoms with Gasteiger partial charge in [0, 0.05) is 22.8 Å². The fourth-order valence-corrected chi connectivity index (χ4v) is 2.73. The first-order valence-corrected chi connectivity index (χ1v) is 7.32. The van der Waals surface area contributed by atoms with Crippen LogP contribution in [0.2, 0.25) is 5.02 Å². The molecular weight excluding hydrogens is 324 g/mol. The molecule has 0 bridgehead atoms. The normalized spacial score (nSPS) is 10.4. The van der Waals surface area contributed by atoms with Crippen molar-refractivity contribution in [3.63, 3.8) is 0 Å². The van der Waals surface area contributed by atoms with Crippen LogP contribution < -0.4 is 10.9 Å². The van der Waals surface area contributed by atoms with Crippen LogP contribution in [0, 0.1) is 11.3 Å². The van der Waals surface area contributed by atoms with Gasteiger partial charge in [-0.25, -0.2) is 4.98 Å². The van der Waals surface area contributed by atoms with Crippen LogP contribution in [0.1, 0.15) is 15.9 Å². The topological polar surface area (TPSA) is 87.3 Å². The Kier molecular flexibility index (Phi) is 3.63. The highest BCUT2D eigenvalue weighted by atomic mass is 35.5. The number of nitrogens with one attached hydrogen (secondary N) is 1. The van der Waals surface area contributed by atoms with E-state index in [1.807, 2.05) is 6.07 Å². The molecule has 108 valence electrons. The van der Waals surface area contributed by atoms with Crippen LogP contribution in [0.3, 0.4) is 0 Å². The van der Waals surface area contributed by atoms with Crippen LogP contribution >= 0.6 is 22.9 Å². The van der Waals surface area contributed by atoms with E-state index < -0.39 is 11.5 Å². The Morgan fingerprint density at radius 2 is 2.27 bits per heavy atom. The first-order chi connectivity index (χ1) is 10.6. The minimum absolute atomic E-state index is 0.111. The molecule has 0 saturated carbocycles. The van der Waals surface area contributed by atoms with Crippen molar-refractivity contribution in [3.8, 4) is 6.07 Å². The maximum Gasteiger partial charge on any atom is 0.271 e. The zero-order chi connectivity index (χ0) is 15.7. The van der Waals surface area contributed by atoms with Gasteiger partial charge in [0.05, 0.1) is 11.3 Å². The summed E-state index contributed by atoms with van der Waals surface area (Å²) in [6, 6.07) is 6.44. The van der Waals surface area contributed by atoms with E-state index in [-0.39, 0.29) is 16.8 Å². The van der Waals surface area contributed by atoms with Crippen molar-refractivity contribution >= 4 is 39.5 Å². The second kappa shape index (κ2) is 5.60. The van der Waals surface area contributed by atoms with E-state index in [1.165, 1.54) is 34.1 Å². The molecule has 3 rings (SSSR count). The molecule has 1 amide bonds. The Bertz CT molecular complexity index is 986. The number of nitrogens with zero attached hydrogens (tertiary/aromatic N) is 3. The van der Waals surface area contributed by atoms with Gasteiger partial charge in [0.25, 0.3) is 11.5 Å². The fourth-order valence-electron chi connectivity index (χ4n) is 1.89. The number of fused-ring (bicyclic) bond motifs is 1. The van der Waals surface area contributed by atoms with Crippen LogP contribution in [0.5, 0.6) is 0 Å². The van der Waals surface area contributed by atoms with Gasteiger partial charge in [-0.3, -0.25) is 14.0 Å². The van der Waals surface area contributed by atoms with Gasteiger partial charge in [0.1, 0.15) is 11.6 Å². The number of anilines is 1. The lowest BCUT2D eigenvalue weighted by atomic mass is 10.2. The molecular formula is C14H7ClN4O2S. The number of aromatic nitrogens is 2. The summed E-state index contributed by atoms with van der Waals surface area (Å²) in [5, 5.41) is 13.6. The van der Waals surface area contributed by atoms with E-state index in [4.69, 9.17) is 16.9 Å². The summed E-state index contributed by atoms with van der Waals surface area (Å²) in [4.78, 5) is 29.0. The van der Waals surface area contributed by atoms with E-state index in [0.717, 1.165) is 0 Å². The van der Waals surface area contributed by atoms with Crippen LogP contribution in [0.4, 0.5) is 5.69 Å². The highest BCUT2D eigenvalue weighted by Crippen LogP contribution is 2.20. The molecule has 0 aliphatic heterocycles. The van der Waals surface area contributed by atoms with E-state index in [2.05, 4.69) is 10.3 Å². The van der Waals surface area contributed by atoms with Crippen LogP contribution in [-0.4, -0.2) is 15.3 Å². The minimum atomic E-state index is -0.642. The maximum absolute atomic E-state index is 12.3. The van der Waals surface area contributed by atoms with Crippen molar-refractivity contribution in [1.82, 2.24) is 9.38 Å². The molecule has 2 heterocycles. The van der Waals surface area contributed by atoms with Crippen LogP contribution in [0.15, 0.2) is 40.8 Å². The first kappa shape index (κ1) is 14.3. The summed E-state index contributed by atoms with van der Waals surface area (Å²) in [5.74, 6) is -0.642. The van der Waals surface area contributed by atoms with Gasteiger partial charge < -0.3 is 5.32 Å². The fraction of sp³-hybridized carbons (Fsp3) is 0. The number of hydrogen-bond donors (Lipinski definition) is 1. The van der Waals surface area contributed by atoms with Crippen molar-refractivity contribution in [2.45, 2.75) is 0 Å². The van der Waals surface area contributed by atoms with Gasteiger partial charge in [-0.15, -0.1) is 11.3 Å². The quantitative estimate of drug-likeness (QED) is 0.782. The summed E-state index contributed by atoms with van der Waals surface area (Å²) < 4.78 is 1.29. The summed E-state index contributed by atoms with van der Waals surface area (Å²) in [6.45, 7) is 0. The highest BCUT2D eigenvalue weighted by molar-refractivity contribution is 7.15. The summed E-state index contributed by atoms with van der Waals surface area (Å²) in [5.41, 5.74) is -0.0821. The molecule has 0 unspecified atom stereocenters. The summed E-state index contributed by atoms with van der Waals surface area (Å²) in [6.07, 6.45) is 2.77. The lowest BCUT2D eigenvalue weighted by Gasteiger charge is -2.07. The van der Waals surface area contributed by atoms with Gasteiger partial charge in [-0.2, -0.15) is 5.26 Å². The zero-order valence-corrected chi connectivity index (χ0v) is 12.5. The predicted octanol–water partition coefficient (Wildman–Crippen LogP) is 2.53. The molecule has 0 aliphatic rings. The SMILES string of the molecule is N#Cc1ccc(Cl)cc1NC(=O)c1cnc2sccn2c1=O. The molecule has 0 atom stereocenters. The number of carbonyl (C=O) groups excluding carboxylic acids is 1. The number of halogens is 1. The molecule has 0 radical (unpaired) electrons. The average Bonchev–Trinajstić information content (AvgIpc) is 2.97. The minimum Gasteiger partial charge on any atom is -0.320 e. The molecule has 1 aromatic carbocycles. The first-order valence-electron chi connectivity index (χ1n) is 6.06. The third-order valence-corrected chi connectivity index (χ3v) is 3.94.